The van der Waals surface area contributed by atoms with E-state index >= 15 is 0 Å². The van der Waals surface area contributed by atoms with Crippen molar-refractivity contribution in [3.05, 3.63) is 29.8 Å². The Kier molecular flexibility index (Phi) is 2.86. The third kappa shape index (κ3) is 2.07. The maximum Gasteiger partial charge on any atom is 0.235 e. The molecule has 1 atom stereocenters. The summed E-state index contributed by atoms with van der Waals surface area (Å²) in [5.41, 5.74) is 6.92. The van der Waals surface area contributed by atoms with E-state index in [-0.39, 0.29) is 11.9 Å². The second kappa shape index (κ2) is 4.74. The maximum atomic E-state index is 13.1. The zero-order chi connectivity index (χ0) is 14.4. The standard InChI is InChI=1S/C13H12FN5OS/c14-7-3-4-8(9(15)6-7)12-18-19-11(10-2-1-5-20-10)16-17-13(19)21-12/h3-4,6,10H,1-2,5,15H2. The van der Waals surface area contributed by atoms with Crippen LogP contribution in [0.1, 0.15) is 24.8 Å². The van der Waals surface area contributed by atoms with Crippen LogP contribution in [0.2, 0.25) is 0 Å². The molecule has 0 saturated carbocycles. The quantitative estimate of drug-likeness (QED) is 0.736. The number of benzene rings is 1. The molecule has 0 aliphatic carbocycles. The van der Waals surface area contributed by atoms with Crippen LogP contribution in [0.4, 0.5) is 10.1 Å². The Labute approximate surface area is 123 Å². The van der Waals surface area contributed by atoms with Crippen LogP contribution in [0.3, 0.4) is 0 Å². The average molecular weight is 305 g/mol. The van der Waals surface area contributed by atoms with Gasteiger partial charge in [0.25, 0.3) is 0 Å². The number of anilines is 1. The first-order valence-corrected chi connectivity index (χ1v) is 7.43. The zero-order valence-corrected chi connectivity index (χ0v) is 11.8. The molecule has 1 aromatic carbocycles. The summed E-state index contributed by atoms with van der Waals surface area (Å²) in [6.07, 6.45) is 1.88. The molecular weight excluding hydrogens is 293 g/mol. The minimum absolute atomic E-state index is 0.0551. The molecule has 2 aromatic heterocycles. The van der Waals surface area contributed by atoms with E-state index in [4.69, 9.17) is 10.5 Å². The van der Waals surface area contributed by atoms with Crippen molar-refractivity contribution < 1.29 is 9.13 Å². The number of nitrogen functional groups attached to an aromatic ring is 1. The minimum atomic E-state index is -0.362. The lowest BCUT2D eigenvalue weighted by molar-refractivity contribution is 0.103. The van der Waals surface area contributed by atoms with Gasteiger partial charge in [-0.2, -0.15) is 9.61 Å². The lowest BCUT2D eigenvalue weighted by atomic mass is 10.2. The molecule has 21 heavy (non-hydrogen) atoms. The summed E-state index contributed by atoms with van der Waals surface area (Å²) in [6.45, 7) is 0.738. The smallest absolute Gasteiger partial charge is 0.235 e. The normalized spacial score (nSPS) is 18.6. The van der Waals surface area contributed by atoms with Crippen LogP contribution < -0.4 is 5.73 Å². The fraction of sp³-hybridized carbons (Fsp3) is 0.308. The van der Waals surface area contributed by atoms with E-state index in [9.17, 15) is 4.39 Å². The maximum absolute atomic E-state index is 13.1. The number of hydrogen-bond acceptors (Lipinski definition) is 6. The van der Waals surface area contributed by atoms with Crippen LogP contribution >= 0.6 is 11.3 Å². The average Bonchev–Trinajstić information content (AvgIpc) is 3.13. The molecule has 1 saturated heterocycles. The molecular formula is C13H12FN5OS. The Hall–Kier alpha value is -2.06. The summed E-state index contributed by atoms with van der Waals surface area (Å²) in [7, 11) is 0. The van der Waals surface area contributed by atoms with Gasteiger partial charge in [-0.05, 0) is 31.0 Å². The second-order valence-corrected chi connectivity index (χ2v) is 5.85. The molecule has 0 bridgehead atoms. The third-order valence-corrected chi connectivity index (χ3v) is 4.41. The van der Waals surface area contributed by atoms with Crippen LogP contribution in [0.15, 0.2) is 18.2 Å². The van der Waals surface area contributed by atoms with Gasteiger partial charge in [0.15, 0.2) is 5.82 Å². The highest BCUT2D eigenvalue weighted by atomic mass is 32.1. The molecule has 6 nitrogen and oxygen atoms in total. The second-order valence-electron chi connectivity index (χ2n) is 4.89. The predicted molar refractivity (Wildman–Crippen MR) is 76.4 cm³/mol. The van der Waals surface area contributed by atoms with E-state index in [1.807, 2.05) is 0 Å². The summed E-state index contributed by atoms with van der Waals surface area (Å²) in [6, 6.07) is 4.29. The van der Waals surface area contributed by atoms with E-state index in [2.05, 4.69) is 15.3 Å². The van der Waals surface area contributed by atoms with Crippen LogP contribution in [0, 0.1) is 5.82 Å². The van der Waals surface area contributed by atoms with Crippen molar-refractivity contribution in [2.45, 2.75) is 18.9 Å². The van der Waals surface area contributed by atoms with E-state index in [1.165, 1.54) is 23.5 Å². The van der Waals surface area contributed by atoms with Gasteiger partial charge in [-0.3, -0.25) is 0 Å². The van der Waals surface area contributed by atoms with Gasteiger partial charge < -0.3 is 10.5 Å². The molecule has 108 valence electrons. The molecule has 1 fully saturated rings. The molecule has 1 aliphatic rings. The van der Waals surface area contributed by atoms with Gasteiger partial charge in [0.05, 0.1) is 0 Å². The van der Waals surface area contributed by atoms with E-state index in [0.717, 1.165) is 19.4 Å². The van der Waals surface area contributed by atoms with Crippen molar-refractivity contribution in [3.63, 3.8) is 0 Å². The van der Waals surface area contributed by atoms with Gasteiger partial charge in [-0.1, -0.05) is 11.3 Å². The summed E-state index contributed by atoms with van der Waals surface area (Å²) in [5.74, 6) is 0.352. The monoisotopic (exact) mass is 305 g/mol. The Morgan fingerprint density at radius 3 is 3.05 bits per heavy atom. The Balaban J connectivity index is 1.80. The molecule has 0 amide bonds. The van der Waals surface area contributed by atoms with E-state index in [1.54, 1.807) is 10.6 Å². The highest BCUT2D eigenvalue weighted by molar-refractivity contribution is 7.19. The topological polar surface area (TPSA) is 78.3 Å². The Bertz CT molecular complexity index is 808. The Morgan fingerprint density at radius 2 is 2.29 bits per heavy atom. The molecule has 2 N–H and O–H groups in total. The van der Waals surface area contributed by atoms with Gasteiger partial charge in [0, 0.05) is 17.9 Å². The van der Waals surface area contributed by atoms with Crippen molar-refractivity contribution in [1.82, 2.24) is 19.8 Å². The molecule has 4 rings (SSSR count). The van der Waals surface area contributed by atoms with Crippen LogP contribution in [0.5, 0.6) is 0 Å². The SMILES string of the molecule is Nc1cc(F)ccc1-c1nn2c(C3CCCO3)nnc2s1. The minimum Gasteiger partial charge on any atom is -0.398 e. The molecule has 1 aliphatic heterocycles. The molecule has 3 heterocycles. The highest BCUT2D eigenvalue weighted by Gasteiger charge is 2.25. The first-order chi connectivity index (χ1) is 10.2. The lowest BCUT2D eigenvalue weighted by Gasteiger charge is -2.04. The predicted octanol–water partition coefficient (Wildman–Crippen LogP) is 2.43. The number of aromatic nitrogens is 4. The summed E-state index contributed by atoms with van der Waals surface area (Å²) >= 11 is 1.37. The van der Waals surface area contributed by atoms with Gasteiger partial charge in [-0.25, -0.2) is 4.39 Å². The van der Waals surface area contributed by atoms with Gasteiger partial charge in [0.2, 0.25) is 4.96 Å². The third-order valence-electron chi connectivity index (χ3n) is 3.48. The first kappa shape index (κ1) is 12.7. The number of hydrogen-bond donors (Lipinski definition) is 1. The van der Waals surface area contributed by atoms with Crippen molar-refractivity contribution in [3.8, 4) is 10.6 Å². The summed E-state index contributed by atoms with van der Waals surface area (Å²) in [4.78, 5) is 0.680. The molecule has 0 spiro atoms. The van der Waals surface area contributed by atoms with Crippen LogP contribution in [-0.4, -0.2) is 26.4 Å². The van der Waals surface area contributed by atoms with Crippen LogP contribution in [-0.2, 0) is 4.74 Å². The van der Waals surface area contributed by atoms with Gasteiger partial charge in [-0.15, -0.1) is 10.2 Å². The number of fused-ring (bicyclic) bond motifs is 1. The highest BCUT2D eigenvalue weighted by Crippen LogP contribution is 2.33. The number of ether oxygens (including phenoxy) is 1. The Morgan fingerprint density at radius 1 is 1.38 bits per heavy atom. The fourth-order valence-corrected chi connectivity index (χ4v) is 3.35. The van der Waals surface area contributed by atoms with Crippen molar-refractivity contribution in [2.75, 3.05) is 12.3 Å². The van der Waals surface area contributed by atoms with Crippen molar-refractivity contribution in [1.29, 1.82) is 0 Å². The van der Waals surface area contributed by atoms with Gasteiger partial charge >= 0.3 is 0 Å². The summed E-state index contributed by atoms with van der Waals surface area (Å²) < 4.78 is 20.5. The lowest BCUT2D eigenvalue weighted by Crippen LogP contribution is -2.03. The summed E-state index contributed by atoms with van der Waals surface area (Å²) in [5, 5.41) is 13.5. The van der Waals surface area contributed by atoms with E-state index < -0.39 is 0 Å². The zero-order valence-electron chi connectivity index (χ0n) is 11.0. The number of nitrogens with zero attached hydrogens (tertiary/aromatic N) is 4. The van der Waals surface area contributed by atoms with Crippen molar-refractivity contribution in [2.24, 2.45) is 0 Å². The largest absolute Gasteiger partial charge is 0.398 e. The fourth-order valence-electron chi connectivity index (χ4n) is 2.45. The number of halogens is 1. The number of rotatable bonds is 2. The molecule has 8 heteroatoms. The van der Waals surface area contributed by atoms with Gasteiger partial charge in [0.1, 0.15) is 16.9 Å². The van der Waals surface area contributed by atoms with Crippen molar-refractivity contribution >= 4 is 22.0 Å². The number of nitrogens with two attached hydrogens (primary N) is 1. The first-order valence-electron chi connectivity index (χ1n) is 6.61. The molecule has 1 unspecified atom stereocenters. The molecule has 3 aromatic rings. The van der Waals surface area contributed by atoms with Crippen LogP contribution in [0.25, 0.3) is 15.5 Å². The molecule has 0 radical (unpaired) electrons. The van der Waals surface area contributed by atoms with E-state index in [0.29, 0.717) is 27.0 Å².